The molecular weight excluding hydrogens is 434 g/mol. The van der Waals surface area contributed by atoms with E-state index in [9.17, 15) is 9.59 Å². The molecule has 2 aliphatic rings. The molecule has 2 heterocycles. The standard InChI is InChI=1S/C26H41N3O5/c1-6-11-29-15-18(2)24(32-5)16-28(4)26(31)22-8-7-21(14-23(22)34-17-19(29)3)27-25(30)20-9-12-33-13-10-20/h7-8,14,18-20,24H,6,9-13,15-17H2,1-5H3,(H,27,30)/t18-,19-,24+/m0/s1. The minimum atomic E-state index is -0.120. The van der Waals surface area contributed by atoms with E-state index in [2.05, 4.69) is 31.0 Å². The van der Waals surface area contributed by atoms with Gasteiger partial charge in [-0.15, -0.1) is 0 Å². The molecule has 0 spiro atoms. The molecule has 0 aromatic heterocycles. The van der Waals surface area contributed by atoms with Crippen LogP contribution in [0.4, 0.5) is 5.69 Å². The number of benzene rings is 1. The third-order valence-electron chi connectivity index (χ3n) is 6.95. The number of hydrogen-bond donors (Lipinski definition) is 1. The summed E-state index contributed by atoms with van der Waals surface area (Å²) in [7, 11) is 3.51. The van der Waals surface area contributed by atoms with Gasteiger partial charge < -0.3 is 24.4 Å². The lowest BCUT2D eigenvalue weighted by Crippen LogP contribution is -2.46. The highest BCUT2D eigenvalue weighted by atomic mass is 16.5. The summed E-state index contributed by atoms with van der Waals surface area (Å²) in [6.07, 6.45) is 2.43. The lowest BCUT2D eigenvalue weighted by atomic mass is 9.99. The Kier molecular flexibility index (Phi) is 9.74. The van der Waals surface area contributed by atoms with Crippen LogP contribution in [-0.4, -0.2) is 87.4 Å². The number of rotatable bonds is 5. The van der Waals surface area contributed by atoms with Gasteiger partial charge in [-0.25, -0.2) is 0 Å². The van der Waals surface area contributed by atoms with Crippen LogP contribution >= 0.6 is 0 Å². The van der Waals surface area contributed by atoms with Crippen molar-refractivity contribution in [2.24, 2.45) is 11.8 Å². The van der Waals surface area contributed by atoms with Gasteiger partial charge in [-0.05, 0) is 50.8 Å². The summed E-state index contributed by atoms with van der Waals surface area (Å²) in [5.74, 6) is 0.562. The quantitative estimate of drug-likeness (QED) is 0.704. The van der Waals surface area contributed by atoms with Crippen LogP contribution in [0, 0.1) is 11.8 Å². The number of methoxy groups -OCH3 is 1. The van der Waals surface area contributed by atoms with Crippen molar-refractivity contribution in [2.75, 3.05) is 58.9 Å². The first-order valence-corrected chi connectivity index (χ1v) is 12.5. The molecule has 8 heteroatoms. The van der Waals surface area contributed by atoms with Crippen LogP contribution < -0.4 is 10.1 Å². The minimum Gasteiger partial charge on any atom is -0.491 e. The number of amides is 2. The smallest absolute Gasteiger partial charge is 0.257 e. The predicted molar refractivity (Wildman–Crippen MR) is 132 cm³/mol. The van der Waals surface area contributed by atoms with E-state index in [1.165, 1.54) is 0 Å². The lowest BCUT2D eigenvalue weighted by Gasteiger charge is -2.35. The Morgan fingerprint density at radius 1 is 1.21 bits per heavy atom. The lowest BCUT2D eigenvalue weighted by molar-refractivity contribution is -0.122. The molecule has 2 aliphatic heterocycles. The zero-order chi connectivity index (χ0) is 24.7. The van der Waals surface area contributed by atoms with Crippen LogP contribution in [-0.2, 0) is 14.3 Å². The van der Waals surface area contributed by atoms with Crippen molar-refractivity contribution in [2.45, 2.75) is 52.2 Å². The fourth-order valence-electron chi connectivity index (χ4n) is 4.73. The largest absolute Gasteiger partial charge is 0.491 e. The number of anilines is 1. The van der Waals surface area contributed by atoms with Gasteiger partial charge in [0.05, 0.1) is 11.7 Å². The van der Waals surface area contributed by atoms with Crippen molar-refractivity contribution in [3.05, 3.63) is 23.8 Å². The van der Waals surface area contributed by atoms with Crippen LogP contribution in [0.1, 0.15) is 50.4 Å². The molecular formula is C26H41N3O5. The fourth-order valence-corrected chi connectivity index (χ4v) is 4.73. The van der Waals surface area contributed by atoms with E-state index in [-0.39, 0.29) is 35.8 Å². The molecule has 1 aromatic carbocycles. The molecule has 0 radical (unpaired) electrons. The van der Waals surface area contributed by atoms with Crippen LogP contribution in [0.15, 0.2) is 18.2 Å². The minimum absolute atomic E-state index is 0.0146. The summed E-state index contributed by atoms with van der Waals surface area (Å²) in [6, 6.07) is 5.47. The molecule has 1 N–H and O–H groups in total. The highest BCUT2D eigenvalue weighted by Crippen LogP contribution is 2.28. The fraction of sp³-hybridized carbons (Fsp3) is 0.692. The van der Waals surface area contributed by atoms with Gasteiger partial charge in [0.25, 0.3) is 5.91 Å². The molecule has 0 bridgehead atoms. The van der Waals surface area contributed by atoms with E-state index in [1.807, 2.05) is 0 Å². The van der Waals surface area contributed by atoms with E-state index in [1.54, 1.807) is 37.3 Å². The van der Waals surface area contributed by atoms with Gasteiger partial charge in [-0.2, -0.15) is 0 Å². The highest BCUT2D eigenvalue weighted by molar-refractivity contribution is 5.98. The van der Waals surface area contributed by atoms with E-state index in [0.29, 0.717) is 43.4 Å². The third-order valence-corrected chi connectivity index (χ3v) is 6.95. The molecule has 34 heavy (non-hydrogen) atoms. The molecule has 1 saturated heterocycles. The van der Waals surface area contributed by atoms with Crippen LogP contribution in [0.5, 0.6) is 5.75 Å². The maximum Gasteiger partial charge on any atom is 0.257 e. The Hall–Kier alpha value is -2.16. The zero-order valence-electron chi connectivity index (χ0n) is 21.3. The second-order valence-electron chi connectivity index (χ2n) is 9.68. The Balaban J connectivity index is 1.86. The van der Waals surface area contributed by atoms with E-state index >= 15 is 0 Å². The Morgan fingerprint density at radius 3 is 2.62 bits per heavy atom. The molecule has 190 valence electrons. The Bertz CT molecular complexity index is 827. The van der Waals surface area contributed by atoms with E-state index in [0.717, 1.165) is 32.4 Å². The molecule has 8 nitrogen and oxygen atoms in total. The number of nitrogens with one attached hydrogen (secondary N) is 1. The number of carbonyl (C=O) groups excluding carboxylic acids is 2. The summed E-state index contributed by atoms with van der Waals surface area (Å²) in [5.41, 5.74) is 1.13. The van der Waals surface area contributed by atoms with Crippen LogP contribution in [0.25, 0.3) is 0 Å². The van der Waals surface area contributed by atoms with Gasteiger partial charge in [-0.3, -0.25) is 14.5 Å². The van der Waals surface area contributed by atoms with Gasteiger partial charge in [0.15, 0.2) is 0 Å². The molecule has 0 aliphatic carbocycles. The number of hydrogen-bond acceptors (Lipinski definition) is 6. The topological polar surface area (TPSA) is 80.3 Å². The van der Waals surface area contributed by atoms with Gasteiger partial charge in [-0.1, -0.05) is 13.8 Å². The molecule has 2 amide bonds. The summed E-state index contributed by atoms with van der Waals surface area (Å²) in [6.45, 7) is 10.5. The summed E-state index contributed by atoms with van der Waals surface area (Å²) in [4.78, 5) is 30.2. The number of carbonyl (C=O) groups is 2. The van der Waals surface area contributed by atoms with Gasteiger partial charge in [0.2, 0.25) is 5.91 Å². The average Bonchev–Trinajstić information content (AvgIpc) is 2.84. The first-order valence-electron chi connectivity index (χ1n) is 12.5. The average molecular weight is 476 g/mol. The molecule has 1 fully saturated rings. The third kappa shape index (κ3) is 6.71. The SMILES string of the molecule is CCCN1C[C@H](C)[C@H](OC)CN(C)C(=O)c2ccc(NC(=O)C3CCOCC3)cc2OC[C@@H]1C. The number of likely N-dealkylation sites (N-methyl/N-ethyl adjacent to an activating group) is 1. The normalized spacial score (nSPS) is 25.6. The van der Waals surface area contributed by atoms with Crippen molar-refractivity contribution >= 4 is 17.5 Å². The molecule has 0 saturated carbocycles. The summed E-state index contributed by atoms with van der Waals surface area (Å²) in [5, 5.41) is 3.01. The van der Waals surface area contributed by atoms with E-state index in [4.69, 9.17) is 14.2 Å². The molecule has 3 atom stereocenters. The number of fused-ring (bicyclic) bond motifs is 1. The predicted octanol–water partition coefficient (Wildman–Crippen LogP) is 3.27. The van der Waals surface area contributed by atoms with Gasteiger partial charge in [0, 0.05) is 64.2 Å². The zero-order valence-corrected chi connectivity index (χ0v) is 21.3. The van der Waals surface area contributed by atoms with Crippen molar-refractivity contribution in [1.82, 2.24) is 9.80 Å². The van der Waals surface area contributed by atoms with Crippen molar-refractivity contribution in [3.8, 4) is 5.75 Å². The number of nitrogens with zero attached hydrogens (tertiary/aromatic N) is 2. The Labute approximate surface area is 203 Å². The van der Waals surface area contributed by atoms with Crippen LogP contribution in [0.2, 0.25) is 0 Å². The second kappa shape index (κ2) is 12.5. The maximum atomic E-state index is 13.3. The first kappa shape index (κ1) is 26.4. The first-order chi connectivity index (χ1) is 16.3. The summed E-state index contributed by atoms with van der Waals surface area (Å²) >= 11 is 0. The van der Waals surface area contributed by atoms with E-state index < -0.39 is 0 Å². The van der Waals surface area contributed by atoms with Crippen LogP contribution in [0.3, 0.4) is 0 Å². The molecule has 1 aromatic rings. The highest BCUT2D eigenvalue weighted by Gasteiger charge is 2.28. The number of ether oxygens (including phenoxy) is 3. The van der Waals surface area contributed by atoms with Crippen molar-refractivity contribution < 1.29 is 23.8 Å². The molecule has 3 rings (SSSR count). The second-order valence-corrected chi connectivity index (χ2v) is 9.68. The maximum absolute atomic E-state index is 13.3. The van der Waals surface area contributed by atoms with Gasteiger partial charge in [0.1, 0.15) is 12.4 Å². The van der Waals surface area contributed by atoms with Crippen molar-refractivity contribution in [3.63, 3.8) is 0 Å². The molecule has 0 unspecified atom stereocenters. The van der Waals surface area contributed by atoms with Gasteiger partial charge >= 0.3 is 0 Å². The summed E-state index contributed by atoms with van der Waals surface area (Å²) < 4.78 is 17.4. The Morgan fingerprint density at radius 2 is 1.94 bits per heavy atom. The van der Waals surface area contributed by atoms with Crippen molar-refractivity contribution in [1.29, 1.82) is 0 Å². The monoisotopic (exact) mass is 475 g/mol.